The van der Waals surface area contributed by atoms with Crippen LogP contribution in [0.4, 0.5) is 0 Å². The molecule has 11 nitrogen and oxygen atoms in total. The largest absolute Gasteiger partial charge is 0.470 e. The molecule has 12 rings (SSSR count). The number of hydrogen-bond acceptors (Lipinski definition) is 14. The molecule has 0 aliphatic carbocycles. The zero-order chi connectivity index (χ0) is 57.9. The van der Waals surface area contributed by atoms with Gasteiger partial charge in [-0.1, -0.05) is 46.9 Å². The molecule has 12 heterocycles. The number of imidazole rings is 1. The first-order valence-electron chi connectivity index (χ1n) is 23.2. The summed E-state index contributed by atoms with van der Waals surface area (Å²) < 4.78 is 19.5. The van der Waals surface area contributed by atoms with Gasteiger partial charge in [0.15, 0.2) is 9.14 Å². The van der Waals surface area contributed by atoms with Gasteiger partial charge in [-0.25, -0.2) is 15.0 Å². The molecule has 0 N–H and O–H groups in total. The first-order valence-corrected chi connectivity index (χ1v) is 31.0. The quantitative estimate of drug-likeness (QED) is 0.147. The van der Waals surface area contributed by atoms with E-state index < -0.39 is 0 Å². The summed E-state index contributed by atoms with van der Waals surface area (Å²) >= 11 is 33.1. The highest BCUT2D eigenvalue weighted by molar-refractivity contribution is 9.11. The lowest BCUT2D eigenvalue weighted by atomic mass is 10.4. The zero-order valence-corrected chi connectivity index (χ0v) is 55.8. The van der Waals surface area contributed by atoms with E-state index in [1.54, 1.807) is 110 Å². The predicted octanol–water partition coefficient (Wildman–Crippen LogP) is 20.4. The molecule has 0 saturated carbocycles. The van der Waals surface area contributed by atoms with Crippen molar-refractivity contribution in [1.29, 1.82) is 0 Å². The Kier molecular flexibility index (Phi) is 41.1. The van der Waals surface area contributed by atoms with Crippen LogP contribution in [-0.2, 0) is 21.1 Å². The topological polar surface area (TPSA) is 118 Å². The Labute approximate surface area is 516 Å². The minimum atomic E-state index is 0.623. The second kappa shape index (κ2) is 45.0. The van der Waals surface area contributed by atoms with E-state index >= 15 is 0 Å². The summed E-state index contributed by atoms with van der Waals surface area (Å²) in [5.74, 6) is 1.90. The third-order valence-electron chi connectivity index (χ3n) is 8.02. The Morgan fingerprint density at radius 2 is 1.29 bits per heavy atom. The number of rotatable bonds is 0. The maximum atomic E-state index is 5.58. The molecule has 0 unspecified atom stereocenters. The molecule has 0 fully saturated rings. The lowest BCUT2D eigenvalue weighted by Crippen LogP contribution is -1.83. The van der Waals surface area contributed by atoms with Crippen LogP contribution in [0.25, 0.3) is 0 Å². The minimum Gasteiger partial charge on any atom is -0.470 e. The SMILES string of the molecule is Cc1ccc(Br)o1.Cc1ccc(Br)s1.Cc1ccc(Cl)s1.Cc1ccccn1.Cc1ccco1.Cc1cccs1.Cc1ccsc1.Cc1cnc(Cl)s1.Cc1csc(Cl)c1.Cn1cccn1.Cn1ccnc1.Cn1cncn1. The molecule has 0 amide bonds. The van der Waals surface area contributed by atoms with Crippen LogP contribution in [0, 0.1) is 62.3 Å². The van der Waals surface area contributed by atoms with Gasteiger partial charge in [-0.05, 0) is 212 Å². The standard InChI is InChI=1S/C6H7N.C5H5BrO.C5H5BrS.2C5H5ClS.C5H6O.2C5H6S.C4H4ClNS.2C4H6N2.C3H5N3/c1-6-4-2-3-5-7-6;2*1-4-2-3-5(6)7-4;1-4-2-5(6)7-3-4;1-4-2-3-5(6)7-4;1-5-3-2-4-6-5;1-5-2-3-6-4-5;1-5-3-2-4-6-5;1-3-2-6-4(5)7-3;1-6-3-2-5-4-6;1-6-4-2-3-5-6;1-6-3-4-2-5-6/h2-5H,1H3;4*2-3H,1H3;3*2-4H,1H3;2H,1H3;2*2-4H,1H3;2-3H,1H3. The van der Waals surface area contributed by atoms with Crippen LogP contribution in [-0.4, -0.2) is 44.1 Å². The number of halogens is 5. The van der Waals surface area contributed by atoms with Crippen LogP contribution < -0.4 is 0 Å². The van der Waals surface area contributed by atoms with E-state index in [-0.39, 0.29) is 0 Å². The third-order valence-corrected chi connectivity index (χ3v) is 15.0. The molecule has 0 aliphatic rings. The van der Waals surface area contributed by atoms with E-state index in [4.69, 9.17) is 43.6 Å². The molecule has 0 bridgehead atoms. The lowest BCUT2D eigenvalue weighted by molar-refractivity contribution is 0.510. The third kappa shape index (κ3) is 43.2. The van der Waals surface area contributed by atoms with Crippen molar-refractivity contribution in [3.05, 3.63) is 250 Å². The molecule has 0 saturated heterocycles. The molecule has 0 radical (unpaired) electrons. The van der Waals surface area contributed by atoms with Gasteiger partial charge >= 0.3 is 0 Å². The second-order valence-corrected chi connectivity index (χ2v) is 26.1. The highest BCUT2D eigenvalue weighted by Crippen LogP contribution is 2.21. The Bertz CT molecular complexity index is 2560. The van der Waals surface area contributed by atoms with Gasteiger partial charge in [0.25, 0.3) is 0 Å². The zero-order valence-electron chi connectivity index (χ0n) is 45.5. The van der Waals surface area contributed by atoms with Crippen molar-refractivity contribution in [3.8, 4) is 0 Å². The molecule has 0 atom stereocenters. The number of furan rings is 2. The Morgan fingerprint density at radius 1 is 0.538 bits per heavy atom. The van der Waals surface area contributed by atoms with Gasteiger partial charge in [0.2, 0.25) is 0 Å². The molecule has 12 aromatic heterocycles. The molecule has 0 spiro atoms. The summed E-state index contributed by atoms with van der Waals surface area (Å²) in [6.45, 7) is 18.1. The number of aromatic nitrogens is 9. The fourth-order valence-corrected chi connectivity index (χ4v) is 10.3. The van der Waals surface area contributed by atoms with Gasteiger partial charge in [0.1, 0.15) is 24.2 Å². The molecule has 22 heteroatoms. The molecular weight excluding hydrogens is 1290 g/mol. The van der Waals surface area contributed by atoms with E-state index in [1.807, 2.05) is 152 Å². The maximum absolute atomic E-state index is 5.58. The number of pyridine rings is 1. The fourth-order valence-electron chi connectivity index (χ4n) is 4.38. The second-order valence-electron chi connectivity index (χ2n) is 15.4. The summed E-state index contributed by atoms with van der Waals surface area (Å²) in [5, 5.41) is 15.9. The average Bonchev–Trinajstić information content (AvgIpc) is 4.22. The summed E-state index contributed by atoms with van der Waals surface area (Å²) in [6.07, 6.45) is 17.4. The van der Waals surface area contributed by atoms with Gasteiger partial charge in [-0.3, -0.25) is 14.3 Å². The first kappa shape index (κ1) is 71.2. The summed E-state index contributed by atoms with van der Waals surface area (Å²) in [4.78, 5) is 20.4. The van der Waals surface area contributed by atoms with Gasteiger partial charge in [-0.2, -0.15) is 21.5 Å². The molecule has 0 aromatic carbocycles. The van der Waals surface area contributed by atoms with Gasteiger partial charge in [0, 0.05) is 83.5 Å². The molecule has 0 aliphatic heterocycles. The maximum Gasteiger partial charge on any atom is 0.183 e. The van der Waals surface area contributed by atoms with E-state index in [9.17, 15) is 0 Å². The van der Waals surface area contributed by atoms with Crippen molar-refractivity contribution < 1.29 is 8.83 Å². The van der Waals surface area contributed by atoms with Crippen molar-refractivity contribution in [3.63, 3.8) is 0 Å². The number of hydrogen-bond donors (Lipinski definition) is 0. The Balaban J connectivity index is 0.000000426. The number of nitrogens with zero attached hydrogens (tertiary/aromatic N) is 9. The normalized spacial score (nSPS) is 9.09. The number of aryl methyl sites for hydroxylation is 12. The van der Waals surface area contributed by atoms with Crippen LogP contribution in [0.2, 0.25) is 13.1 Å². The van der Waals surface area contributed by atoms with Crippen LogP contribution in [0.3, 0.4) is 0 Å². The van der Waals surface area contributed by atoms with E-state index in [1.165, 1.54) is 47.2 Å². The minimum absolute atomic E-state index is 0.623. The van der Waals surface area contributed by atoms with Crippen molar-refractivity contribution in [2.75, 3.05) is 0 Å². The van der Waals surface area contributed by atoms with Crippen molar-refractivity contribution in [1.82, 2.24) is 44.1 Å². The van der Waals surface area contributed by atoms with Gasteiger partial charge in [-0.15, -0.1) is 56.7 Å². The van der Waals surface area contributed by atoms with Crippen molar-refractivity contribution in [2.45, 2.75) is 62.3 Å². The summed E-state index contributed by atoms with van der Waals surface area (Å²) in [7, 11) is 5.65. The van der Waals surface area contributed by atoms with E-state index in [2.05, 4.69) is 129 Å². The predicted molar refractivity (Wildman–Crippen MR) is 346 cm³/mol. The van der Waals surface area contributed by atoms with Crippen LogP contribution >= 0.6 is 135 Å². The highest BCUT2D eigenvalue weighted by Gasteiger charge is 1.91. The molecule has 418 valence electrons. The van der Waals surface area contributed by atoms with Gasteiger partial charge < -0.3 is 13.4 Å². The van der Waals surface area contributed by atoms with Crippen molar-refractivity contribution >= 4 is 135 Å². The molecule has 12 aromatic rings. The van der Waals surface area contributed by atoms with Crippen LogP contribution in [0.15, 0.2) is 198 Å². The Morgan fingerprint density at radius 3 is 1.46 bits per heavy atom. The van der Waals surface area contributed by atoms with Crippen molar-refractivity contribution in [2.24, 2.45) is 21.1 Å². The number of thiophene rings is 5. The van der Waals surface area contributed by atoms with Crippen LogP contribution in [0.5, 0.6) is 0 Å². The average molecular weight is 1360 g/mol. The smallest absolute Gasteiger partial charge is 0.183 e. The van der Waals surface area contributed by atoms with Gasteiger partial charge in [0.05, 0.1) is 25.0 Å². The summed E-state index contributed by atoms with van der Waals surface area (Å²) in [5.41, 5.74) is 3.68. The Hall–Kier alpha value is -4.77. The van der Waals surface area contributed by atoms with Crippen LogP contribution in [0.1, 0.15) is 47.8 Å². The highest BCUT2D eigenvalue weighted by atomic mass is 79.9. The summed E-state index contributed by atoms with van der Waals surface area (Å²) in [6, 6.07) is 31.6. The van der Waals surface area contributed by atoms with E-state index in [0.717, 1.165) is 35.4 Å². The lowest BCUT2D eigenvalue weighted by Gasteiger charge is -1.82. The van der Waals surface area contributed by atoms with E-state index in [0.29, 0.717) is 4.47 Å². The monoisotopic (exact) mass is 1350 g/mol. The molecular formula is C56H66Br2Cl3N9O2S6. The number of thiazole rings is 1. The first-order chi connectivity index (χ1) is 37.2. The molecule has 78 heavy (non-hydrogen) atoms. The fraction of sp³-hybridized carbons (Fsp3) is 0.214.